The highest BCUT2D eigenvalue weighted by Gasteiger charge is 2.10. The van der Waals surface area contributed by atoms with Crippen molar-refractivity contribution in [1.29, 1.82) is 0 Å². The molecule has 1 aromatic heterocycles. The van der Waals surface area contributed by atoms with E-state index in [1.165, 1.54) is 11.3 Å². The standard InChI is InChI=1S/C19H17ClN2O2S2/c1-25-17-5-3-2-4-16(17)22-18(23)10-14-12-26-19(21-14)11-24-15-8-6-13(20)7-9-15/h2-9,12H,10-11H2,1H3,(H,22,23). The van der Waals surface area contributed by atoms with E-state index in [1.54, 1.807) is 23.9 Å². The zero-order valence-corrected chi connectivity index (χ0v) is 16.5. The molecule has 2 aromatic carbocycles. The maximum absolute atomic E-state index is 12.3. The van der Waals surface area contributed by atoms with E-state index >= 15 is 0 Å². The van der Waals surface area contributed by atoms with Crippen LogP contribution in [-0.2, 0) is 17.8 Å². The van der Waals surface area contributed by atoms with Crippen LogP contribution in [0, 0.1) is 0 Å². The number of aromatic nitrogens is 1. The normalized spacial score (nSPS) is 10.5. The Kier molecular flexibility index (Phi) is 6.55. The van der Waals surface area contributed by atoms with Crippen LogP contribution in [0.25, 0.3) is 0 Å². The van der Waals surface area contributed by atoms with Gasteiger partial charge in [0.25, 0.3) is 0 Å². The molecular formula is C19H17ClN2O2S2. The third-order valence-corrected chi connectivity index (χ3v) is 5.42. The number of nitrogens with zero attached hydrogens (tertiary/aromatic N) is 1. The lowest BCUT2D eigenvalue weighted by Gasteiger charge is -2.08. The minimum Gasteiger partial charge on any atom is -0.486 e. The molecule has 0 saturated carbocycles. The predicted molar refractivity (Wildman–Crippen MR) is 108 cm³/mol. The van der Waals surface area contributed by atoms with Gasteiger partial charge in [0, 0.05) is 15.3 Å². The van der Waals surface area contributed by atoms with Gasteiger partial charge in [0.15, 0.2) is 0 Å². The van der Waals surface area contributed by atoms with E-state index in [2.05, 4.69) is 10.3 Å². The second-order valence-corrected chi connectivity index (χ2v) is 7.63. The summed E-state index contributed by atoms with van der Waals surface area (Å²) in [4.78, 5) is 17.8. The molecule has 26 heavy (non-hydrogen) atoms. The zero-order chi connectivity index (χ0) is 18.4. The molecule has 0 fully saturated rings. The molecule has 3 rings (SSSR count). The van der Waals surface area contributed by atoms with Gasteiger partial charge in [-0.05, 0) is 42.7 Å². The van der Waals surface area contributed by atoms with Gasteiger partial charge in [0.2, 0.25) is 5.91 Å². The van der Waals surface area contributed by atoms with Crippen LogP contribution in [-0.4, -0.2) is 17.1 Å². The molecule has 0 bridgehead atoms. The first-order valence-corrected chi connectivity index (χ1v) is 10.4. The number of thioether (sulfide) groups is 1. The van der Waals surface area contributed by atoms with Gasteiger partial charge in [0.05, 0.1) is 17.8 Å². The fourth-order valence-electron chi connectivity index (χ4n) is 2.28. The Balaban J connectivity index is 1.54. The molecule has 0 radical (unpaired) electrons. The average molecular weight is 405 g/mol. The Morgan fingerprint density at radius 2 is 2.00 bits per heavy atom. The number of carbonyl (C=O) groups excluding carboxylic acids is 1. The number of benzene rings is 2. The van der Waals surface area contributed by atoms with Crippen molar-refractivity contribution in [3.63, 3.8) is 0 Å². The van der Waals surface area contributed by atoms with Crippen LogP contribution in [0.5, 0.6) is 5.75 Å². The summed E-state index contributed by atoms with van der Waals surface area (Å²) < 4.78 is 5.68. The van der Waals surface area contributed by atoms with Gasteiger partial charge in [-0.15, -0.1) is 23.1 Å². The van der Waals surface area contributed by atoms with Crippen LogP contribution in [0.1, 0.15) is 10.7 Å². The second kappa shape index (κ2) is 9.07. The number of rotatable bonds is 7. The van der Waals surface area contributed by atoms with E-state index in [1.807, 2.05) is 48.0 Å². The van der Waals surface area contributed by atoms with Gasteiger partial charge in [-0.25, -0.2) is 4.98 Å². The number of nitrogens with one attached hydrogen (secondary N) is 1. The number of hydrogen-bond acceptors (Lipinski definition) is 5. The molecule has 0 unspecified atom stereocenters. The van der Waals surface area contributed by atoms with Crippen molar-refractivity contribution in [3.8, 4) is 5.75 Å². The Labute approximate surface area is 165 Å². The van der Waals surface area contributed by atoms with Gasteiger partial charge < -0.3 is 10.1 Å². The summed E-state index contributed by atoms with van der Waals surface area (Å²) in [6.45, 7) is 0.364. The summed E-state index contributed by atoms with van der Waals surface area (Å²) in [6.07, 6.45) is 2.22. The molecule has 0 aliphatic heterocycles. The Morgan fingerprint density at radius 1 is 1.23 bits per heavy atom. The van der Waals surface area contributed by atoms with E-state index in [9.17, 15) is 4.79 Å². The van der Waals surface area contributed by atoms with E-state index in [0.29, 0.717) is 11.6 Å². The van der Waals surface area contributed by atoms with E-state index in [0.717, 1.165) is 27.0 Å². The fraction of sp³-hybridized carbons (Fsp3) is 0.158. The molecule has 1 N–H and O–H groups in total. The minimum atomic E-state index is -0.0815. The van der Waals surface area contributed by atoms with Gasteiger partial charge in [-0.2, -0.15) is 0 Å². The van der Waals surface area contributed by atoms with Crippen molar-refractivity contribution in [2.45, 2.75) is 17.9 Å². The SMILES string of the molecule is CSc1ccccc1NC(=O)Cc1csc(COc2ccc(Cl)cc2)n1. The average Bonchev–Trinajstić information content (AvgIpc) is 3.09. The first kappa shape index (κ1) is 18.8. The number of para-hydroxylation sites is 1. The molecule has 1 amide bonds. The first-order valence-electron chi connectivity index (χ1n) is 7.88. The molecule has 134 valence electrons. The molecule has 4 nitrogen and oxygen atoms in total. The third kappa shape index (κ3) is 5.24. The summed E-state index contributed by atoms with van der Waals surface area (Å²) in [6, 6.07) is 14.9. The van der Waals surface area contributed by atoms with E-state index in [4.69, 9.17) is 16.3 Å². The largest absolute Gasteiger partial charge is 0.486 e. The second-order valence-electron chi connectivity index (χ2n) is 5.40. The molecule has 7 heteroatoms. The van der Waals surface area contributed by atoms with Crippen molar-refractivity contribution in [2.24, 2.45) is 0 Å². The summed E-state index contributed by atoms with van der Waals surface area (Å²) in [5.41, 5.74) is 1.57. The van der Waals surface area contributed by atoms with Gasteiger partial charge in [-0.1, -0.05) is 23.7 Å². The monoisotopic (exact) mass is 404 g/mol. The van der Waals surface area contributed by atoms with Gasteiger partial charge >= 0.3 is 0 Å². The summed E-state index contributed by atoms with van der Waals surface area (Å²) >= 11 is 8.93. The topological polar surface area (TPSA) is 51.2 Å². The number of thiazole rings is 1. The van der Waals surface area contributed by atoms with Crippen molar-refractivity contribution in [3.05, 3.63) is 69.6 Å². The quantitative estimate of drug-likeness (QED) is 0.544. The molecule has 1 heterocycles. The number of hydrogen-bond donors (Lipinski definition) is 1. The van der Waals surface area contributed by atoms with Crippen molar-refractivity contribution >= 4 is 46.3 Å². The molecule has 0 atom stereocenters. The van der Waals surface area contributed by atoms with Crippen molar-refractivity contribution < 1.29 is 9.53 Å². The number of amides is 1. The number of ether oxygens (including phenoxy) is 1. The number of anilines is 1. The number of carbonyl (C=O) groups is 1. The minimum absolute atomic E-state index is 0.0815. The highest BCUT2D eigenvalue weighted by atomic mass is 35.5. The summed E-state index contributed by atoms with van der Waals surface area (Å²) in [5.74, 6) is 0.652. The van der Waals surface area contributed by atoms with Crippen LogP contribution in [0.3, 0.4) is 0 Å². The predicted octanol–water partition coefficient (Wildman–Crippen LogP) is 5.28. The highest BCUT2D eigenvalue weighted by Crippen LogP contribution is 2.25. The molecule has 0 aliphatic carbocycles. The Bertz CT molecular complexity index is 881. The van der Waals surface area contributed by atoms with Crippen molar-refractivity contribution in [2.75, 3.05) is 11.6 Å². The zero-order valence-electron chi connectivity index (χ0n) is 14.1. The van der Waals surface area contributed by atoms with Crippen LogP contribution < -0.4 is 10.1 Å². The van der Waals surface area contributed by atoms with E-state index < -0.39 is 0 Å². The molecule has 0 aliphatic rings. The Hall–Kier alpha value is -2.02. The molecule has 3 aromatic rings. The lowest BCUT2D eigenvalue weighted by atomic mass is 10.3. The molecular weight excluding hydrogens is 388 g/mol. The molecule has 0 spiro atoms. The Morgan fingerprint density at radius 3 is 2.77 bits per heavy atom. The first-order chi connectivity index (χ1) is 12.6. The number of halogens is 1. The van der Waals surface area contributed by atoms with Crippen LogP contribution in [0.4, 0.5) is 5.69 Å². The smallest absolute Gasteiger partial charge is 0.230 e. The fourth-order valence-corrected chi connectivity index (χ4v) is 3.66. The lowest BCUT2D eigenvalue weighted by Crippen LogP contribution is -2.15. The lowest BCUT2D eigenvalue weighted by molar-refractivity contribution is -0.115. The third-order valence-electron chi connectivity index (χ3n) is 3.50. The van der Waals surface area contributed by atoms with E-state index in [-0.39, 0.29) is 12.3 Å². The van der Waals surface area contributed by atoms with Crippen molar-refractivity contribution in [1.82, 2.24) is 4.98 Å². The maximum atomic E-state index is 12.3. The maximum Gasteiger partial charge on any atom is 0.230 e. The van der Waals surface area contributed by atoms with Crippen LogP contribution >= 0.6 is 34.7 Å². The van der Waals surface area contributed by atoms with Gasteiger partial charge in [0.1, 0.15) is 17.4 Å². The molecule has 0 saturated heterocycles. The highest BCUT2D eigenvalue weighted by molar-refractivity contribution is 7.98. The van der Waals surface area contributed by atoms with Crippen LogP contribution in [0.15, 0.2) is 58.8 Å². The van der Waals surface area contributed by atoms with Gasteiger partial charge in [-0.3, -0.25) is 4.79 Å². The summed E-state index contributed by atoms with van der Waals surface area (Å²) in [5, 5.41) is 6.33. The van der Waals surface area contributed by atoms with Crippen LogP contribution in [0.2, 0.25) is 5.02 Å². The summed E-state index contributed by atoms with van der Waals surface area (Å²) in [7, 11) is 0.